The Hall–Kier alpha value is -1.59. The van der Waals surface area contributed by atoms with Gasteiger partial charge in [0, 0.05) is 24.2 Å². The lowest BCUT2D eigenvalue weighted by Crippen LogP contribution is -2.51. The first-order chi connectivity index (χ1) is 9.88. The molecule has 3 N–H and O–H groups in total. The van der Waals surface area contributed by atoms with Gasteiger partial charge in [0.15, 0.2) is 0 Å². The van der Waals surface area contributed by atoms with Crippen molar-refractivity contribution in [2.75, 3.05) is 13.1 Å². The van der Waals surface area contributed by atoms with Crippen LogP contribution in [0.3, 0.4) is 0 Å². The number of nitrogens with zero attached hydrogens (tertiary/aromatic N) is 1. The molecule has 0 radical (unpaired) electrons. The Balaban J connectivity index is 0.00000242. The normalized spacial score (nSPS) is 17.8. The van der Waals surface area contributed by atoms with Crippen molar-refractivity contribution in [2.45, 2.75) is 38.3 Å². The van der Waals surface area contributed by atoms with Crippen molar-refractivity contribution in [1.82, 2.24) is 10.2 Å². The summed E-state index contributed by atoms with van der Waals surface area (Å²) in [6, 6.07) is 8.69. The lowest BCUT2D eigenvalue weighted by atomic mass is 10.1. The maximum absolute atomic E-state index is 12.5. The molecule has 2 rings (SSSR count). The van der Waals surface area contributed by atoms with Crippen LogP contribution in [-0.4, -0.2) is 41.4 Å². The van der Waals surface area contributed by atoms with E-state index in [2.05, 4.69) is 5.32 Å². The van der Waals surface area contributed by atoms with Gasteiger partial charge in [0.05, 0.1) is 0 Å². The number of hydrogen-bond donors (Lipinski definition) is 2. The van der Waals surface area contributed by atoms with Crippen molar-refractivity contribution in [1.29, 1.82) is 0 Å². The number of benzene rings is 1. The van der Waals surface area contributed by atoms with E-state index in [9.17, 15) is 9.59 Å². The summed E-state index contributed by atoms with van der Waals surface area (Å²) in [5, 5.41) is 2.84. The Bertz CT molecular complexity index is 514. The number of halogens is 1. The number of carbonyl (C=O) groups excluding carboxylic acids is 2. The molecule has 1 aromatic carbocycles. The maximum atomic E-state index is 12.5. The van der Waals surface area contributed by atoms with Crippen LogP contribution in [0.5, 0.6) is 0 Å². The lowest BCUT2D eigenvalue weighted by Gasteiger charge is -2.26. The Kier molecular flexibility index (Phi) is 6.38. The molecule has 1 aromatic rings. The summed E-state index contributed by atoms with van der Waals surface area (Å²) >= 11 is 0. The standard InChI is InChI=1S/C16H23N3O2.ClH/c1-16(2,17)11-18-14(20)13-9-6-10-19(13)15(21)12-7-4-3-5-8-12;/h3-5,7-8,13H,6,9-11,17H2,1-2H3,(H,18,20);1H. The van der Waals surface area contributed by atoms with Crippen LogP contribution in [0.2, 0.25) is 0 Å². The van der Waals surface area contributed by atoms with Gasteiger partial charge >= 0.3 is 0 Å². The van der Waals surface area contributed by atoms with Crippen LogP contribution in [0.15, 0.2) is 30.3 Å². The predicted octanol–water partition coefficient (Wildman–Crippen LogP) is 1.57. The number of hydrogen-bond acceptors (Lipinski definition) is 3. The highest BCUT2D eigenvalue weighted by Gasteiger charge is 2.34. The highest BCUT2D eigenvalue weighted by atomic mass is 35.5. The molecular formula is C16H24ClN3O2. The number of amides is 2. The molecule has 122 valence electrons. The first kappa shape index (κ1) is 18.5. The van der Waals surface area contributed by atoms with E-state index in [1.54, 1.807) is 17.0 Å². The predicted molar refractivity (Wildman–Crippen MR) is 89.0 cm³/mol. The fraction of sp³-hybridized carbons (Fsp3) is 0.500. The highest BCUT2D eigenvalue weighted by molar-refractivity contribution is 5.97. The van der Waals surface area contributed by atoms with Gasteiger partial charge in [0.2, 0.25) is 5.91 Å². The molecule has 0 aliphatic carbocycles. The van der Waals surface area contributed by atoms with Gasteiger partial charge in [-0.15, -0.1) is 12.4 Å². The highest BCUT2D eigenvalue weighted by Crippen LogP contribution is 2.20. The van der Waals surface area contributed by atoms with Crippen LogP contribution in [0.25, 0.3) is 0 Å². The van der Waals surface area contributed by atoms with E-state index in [0.29, 0.717) is 25.1 Å². The van der Waals surface area contributed by atoms with Gasteiger partial charge in [-0.2, -0.15) is 0 Å². The Morgan fingerprint density at radius 3 is 2.55 bits per heavy atom. The zero-order chi connectivity index (χ0) is 15.5. The Labute approximate surface area is 137 Å². The number of nitrogens with two attached hydrogens (primary N) is 1. The Morgan fingerprint density at radius 2 is 1.95 bits per heavy atom. The van der Waals surface area contributed by atoms with Gasteiger partial charge < -0.3 is 16.0 Å². The van der Waals surface area contributed by atoms with E-state index in [-0.39, 0.29) is 30.3 Å². The van der Waals surface area contributed by atoms with E-state index < -0.39 is 5.54 Å². The first-order valence-electron chi connectivity index (χ1n) is 7.31. The Morgan fingerprint density at radius 1 is 1.32 bits per heavy atom. The average Bonchev–Trinajstić information content (AvgIpc) is 2.93. The summed E-state index contributed by atoms with van der Waals surface area (Å²) in [6.45, 7) is 4.73. The molecule has 0 bridgehead atoms. The molecule has 0 aromatic heterocycles. The monoisotopic (exact) mass is 325 g/mol. The van der Waals surface area contributed by atoms with Gasteiger partial charge in [-0.1, -0.05) is 18.2 Å². The summed E-state index contributed by atoms with van der Waals surface area (Å²) in [5.74, 6) is -0.199. The van der Waals surface area contributed by atoms with Gasteiger partial charge in [0.1, 0.15) is 6.04 Å². The van der Waals surface area contributed by atoms with Crippen LogP contribution in [0.4, 0.5) is 0 Å². The molecule has 1 atom stereocenters. The van der Waals surface area contributed by atoms with Crippen LogP contribution in [-0.2, 0) is 4.79 Å². The number of rotatable bonds is 4. The van der Waals surface area contributed by atoms with Crippen LogP contribution in [0, 0.1) is 0 Å². The van der Waals surface area contributed by atoms with Crippen molar-refractivity contribution in [3.8, 4) is 0 Å². The van der Waals surface area contributed by atoms with Crippen LogP contribution >= 0.6 is 12.4 Å². The number of likely N-dealkylation sites (tertiary alicyclic amines) is 1. The lowest BCUT2D eigenvalue weighted by molar-refractivity contribution is -0.125. The van der Waals surface area contributed by atoms with Crippen LogP contribution in [0.1, 0.15) is 37.0 Å². The average molecular weight is 326 g/mol. The second kappa shape index (κ2) is 7.61. The third kappa shape index (κ3) is 4.71. The minimum atomic E-state index is -0.456. The molecule has 1 fully saturated rings. The molecule has 1 saturated heterocycles. The van der Waals surface area contributed by atoms with Crippen molar-refractivity contribution >= 4 is 24.2 Å². The maximum Gasteiger partial charge on any atom is 0.254 e. The van der Waals surface area contributed by atoms with E-state index in [4.69, 9.17) is 5.73 Å². The minimum absolute atomic E-state index is 0. The summed E-state index contributed by atoms with van der Waals surface area (Å²) in [5.41, 5.74) is 6.04. The molecule has 5 nitrogen and oxygen atoms in total. The molecule has 1 heterocycles. The topological polar surface area (TPSA) is 75.4 Å². The largest absolute Gasteiger partial charge is 0.352 e. The third-order valence-corrected chi connectivity index (χ3v) is 3.56. The van der Waals surface area contributed by atoms with Gasteiger partial charge in [-0.25, -0.2) is 0 Å². The van der Waals surface area contributed by atoms with Crippen molar-refractivity contribution in [3.63, 3.8) is 0 Å². The summed E-state index contributed by atoms with van der Waals surface area (Å²) < 4.78 is 0. The summed E-state index contributed by atoms with van der Waals surface area (Å²) in [7, 11) is 0. The second-order valence-electron chi connectivity index (χ2n) is 6.23. The molecule has 6 heteroatoms. The fourth-order valence-corrected chi connectivity index (χ4v) is 2.46. The zero-order valence-corrected chi connectivity index (χ0v) is 13.9. The minimum Gasteiger partial charge on any atom is -0.352 e. The summed E-state index contributed by atoms with van der Waals surface area (Å²) in [4.78, 5) is 26.4. The van der Waals surface area contributed by atoms with Gasteiger partial charge in [-0.3, -0.25) is 9.59 Å². The molecule has 1 aliphatic heterocycles. The number of carbonyl (C=O) groups is 2. The van der Waals surface area contributed by atoms with E-state index in [1.807, 2.05) is 32.0 Å². The molecule has 1 unspecified atom stereocenters. The molecule has 0 saturated carbocycles. The molecule has 0 spiro atoms. The van der Waals surface area contributed by atoms with Gasteiger partial charge in [-0.05, 0) is 38.8 Å². The van der Waals surface area contributed by atoms with Crippen molar-refractivity contribution < 1.29 is 9.59 Å². The summed E-state index contributed by atoms with van der Waals surface area (Å²) in [6.07, 6.45) is 1.55. The van der Waals surface area contributed by atoms with Gasteiger partial charge in [0.25, 0.3) is 5.91 Å². The first-order valence-corrected chi connectivity index (χ1v) is 7.31. The smallest absolute Gasteiger partial charge is 0.254 e. The molecular weight excluding hydrogens is 302 g/mol. The SMILES string of the molecule is CC(C)(N)CNC(=O)C1CCCN1C(=O)c1ccccc1.Cl. The molecule has 22 heavy (non-hydrogen) atoms. The van der Waals surface area contributed by atoms with E-state index in [0.717, 1.165) is 6.42 Å². The fourth-order valence-electron chi connectivity index (χ4n) is 2.46. The zero-order valence-electron chi connectivity index (χ0n) is 13.0. The van der Waals surface area contributed by atoms with Crippen LogP contribution < -0.4 is 11.1 Å². The second-order valence-corrected chi connectivity index (χ2v) is 6.23. The number of nitrogens with one attached hydrogen (secondary N) is 1. The van der Waals surface area contributed by atoms with Crippen molar-refractivity contribution in [2.24, 2.45) is 5.73 Å². The quantitative estimate of drug-likeness (QED) is 0.882. The van der Waals surface area contributed by atoms with E-state index >= 15 is 0 Å². The molecule has 2 amide bonds. The third-order valence-electron chi connectivity index (χ3n) is 3.56. The molecule has 1 aliphatic rings. The van der Waals surface area contributed by atoms with E-state index in [1.165, 1.54) is 0 Å². The van der Waals surface area contributed by atoms with Crippen molar-refractivity contribution in [3.05, 3.63) is 35.9 Å².